The first kappa shape index (κ1) is 26.0. The number of methoxy groups -OCH3 is 1. The zero-order chi connectivity index (χ0) is 26.4. The summed E-state index contributed by atoms with van der Waals surface area (Å²) in [5.41, 5.74) is 5.47. The van der Waals surface area contributed by atoms with Gasteiger partial charge in [-0.25, -0.2) is 4.99 Å². The van der Waals surface area contributed by atoms with Crippen molar-refractivity contribution in [3.8, 4) is 5.75 Å². The van der Waals surface area contributed by atoms with Gasteiger partial charge in [-0.1, -0.05) is 60.3 Å². The Labute approximate surface area is 221 Å². The largest absolute Gasteiger partial charge is 0.496 e. The van der Waals surface area contributed by atoms with E-state index in [-0.39, 0.29) is 17.6 Å². The third-order valence-electron chi connectivity index (χ3n) is 6.00. The molecule has 0 saturated heterocycles. The monoisotopic (exact) mass is 514 g/mol. The summed E-state index contributed by atoms with van der Waals surface area (Å²) < 4.78 is 5.53. The predicted molar refractivity (Wildman–Crippen MR) is 151 cm³/mol. The van der Waals surface area contributed by atoms with Gasteiger partial charge in [0.25, 0.3) is 5.91 Å². The summed E-state index contributed by atoms with van der Waals surface area (Å²) >= 11 is 1.29. The van der Waals surface area contributed by atoms with Crippen LogP contribution in [0.2, 0.25) is 0 Å². The highest BCUT2D eigenvalue weighted by Gasteiger charge is 2.30. The maximum atomic E-state index is 13.4. The van der Waals surface area contributed by atoms with E-state index in [0.717, 1.165) is 28.1 Å². The van der Waals surface area contributed by atoms with Crippen LogP contribution in [-0.2, 0) is 9.59 Å². The zero-order valence-corrected chi connectivity index (χ0v) is 22.1. The fourth-order valence-corrected chi connectivity index (χ4v) is 4.76. The number of allylic oxidation sites excluding steroid dienone is 1. The van der Waals surface area contributed by atoms with E-state index in [2.05, 4.69) is 16.0 Å². The summed E-state index contributed by atoms with van der Waals surface area (Å²) in [4.78, 5) is 30.9. The van der Waals surface area contributed by atoms with Gasteiger partial charge in [0.15, 0.2) is 5.17 Å². The second-order valence-corrected chi connectivity index (χ2v) is 9.67. The number of anilines is 2. The average Bonchev–Trinajstić information content (AvgIpc) is 2.89. The summed E-state index contributed by atoms with van der Waals surface area (Å²) in [6, 6.07) is 22.2. The Balaban J connectivity index is 1.58. The van der Waals surface area contributed by atoms with E-state index in [1.54, 1.807) is 7.11 Å². The van der Waals surface area contributed by atoms with Gasteiger partial charge in [0.2, 0.25) is 5.91 Å². The summed E-state index contributed by atoms with van der Waals surface area (Å²) in [6.07, 6.45) is 0. The number of para-hydroxylation sites is 2. The van der Waals surface area contributed by atoms with Gasteiger partial charge < -0.3 is 20.7 Å². The Morgan fingerprint density at radius 3 is 2.41 bits per heavy atom. The summed E-state index contributed by atoms with van der Waals surface area (Å²) in [6.45, 7) is 5.76. The van der Waals surface area contributed by atoms with Crippen molar-refractivity contribution in [3.05, 3.63) is 101 Å². The maximum Gasteiger partial charge on any atom is 0.255 e. The minimum absolute atomic E-state index is 0.133. The second kappa shape index (κ2) is 11.8. The van der Waals surface area contributed by atoms with Crippen molar-refractivity contribution in [1.82, 2.24) is 5.32 Å². The van der Waals surface area contributed by atoms with Crippen molar-refractivity contribution in [2.75, 3.05) is 23.5 Å². The fourth-order valence-electron chi connectivity index (χ4n) is 4.02. The number of rotatable bonds is 7. The highest BCUT2D eigenvalue weighted by Crippen LogP contribution is 2.35. The molecule has 0 fully saturated rings. The molecule has 3 N–H and O–H groups in total. The van der Waals surface area contributed by atoms with Crippen molar-refractivity contribution in [1.29, 1.82) is 0 Å². The number of hydrogen-bond acceptors (Lipinski definition) is 6. The lowest BCUT2D eigenvalue weighted by Crippen LogP contribution is -2.32. The summed E-state index contributed by atoms with van der Waals surface area (Å²) in [5.74, 6) is 0.513. The maximum absolute atomic E-state index is 13.4. The van der Waals surface area contributed by atoms with Crippen LogP contribution in [0.4, 0.5) is 11.4 Å². The molecule has 2 amide bonds. The number of carbonyl (C=O) groups excluding carboxylic acids is 2. The van der Waals surface area contributed by atoms with Crippen LogP contribution in [0.25, 0.3) is 0 Å². The van der Waals surface area contributed by atoms with Crippen LogP contribution in [0, 0.1) is 13.8 Å². The summed E-state index contributed by atoms with van der Waals surface area (Å²) in [7, 11) is 1.62. The number of nitrogens with zero attached hydrogens (tertiary/aromatic N) is 1. The molecule has 1 aliphatic rings. The van der Waals surface area contributed by atoms with Crippen molar-refractivity contribution >= 4 is 40.1 Å². The number of ether oxygens (including phenoxy) is 1. The van der Waals surface area contributed by atoms with E-state index in [1.165, 1.54) is 11.8 Å². The number of benzene rings is 3. The van der Waals surface area contributed by atoms with Crippen LogP contribution in [-0.4, -0.2) is 29.8 Å². The first-order valence-electron chi connectivity index (χ1n) is 11.9. The standard InChI is InChI=1S/C29H30N4O3S/c1-18-10-8-9-13-23(18)32-25(34)17-37-29-30-20(3)26(28(35)31-22-11-6-5-7-12-22)27(33-29)21-15-14-19(2)24(16-21)36-4/h5-16,27H,17H2,1-4H3,(H,30,33)(H,31,35)(H,32,34)/t27-/m1/s1. The quantitative estimate of drug-likeness (QED) is 0.382. The number of nitrogens with one attached hydrogen (secondary N) is 3. The van der Waals surface area contributed by atoms with Gasteiger partial charge in [0.1, 0.15) is 11.8 Å². The lowest BCUT2D eigenvalue weighted by Gasteiger charge is -2.27. The fraction of sp³-hybridized carbons (Fsp3) is 0.207. The van der Waals surface area contributed by atoms with Crippen LogP contribution in [0.1, 0.15) is 29.7 Å². The van der Waals surface area contributed by atoms with Gasteiger partial charge in [-0.3, -0.25) is 9.59 Å². The molecular formula is C29H30N4O3S. The molecule has 0 unspecified atom stereocenters. The predicted octanol–water partition coefficient (Wildman–Crippen LogP) is 5.60. The molecular weight excluding hydrogens is 484 g/mol. The van der Waals surface area contributed by atoms with Crippen LogP contribution >= 0.6 is 11.8 Å². The smallest absolute Gasteiger partial charge is 0.255 e. The number of amides is 2. The van der Waals surface area contributed by atoms with Crippen molar-refractivity contribution in [2.45, 2.75) is 26.8 Å². The van der Waals surface area contributed by atoms with E-state index in [4.69, 9.17) is 9.73 Å². The number of hydrogen-bond donors (Lipinski definition) is 3. The van der Waals surface area contributed by atoms with Crippen LogP contribution in [0.15, 0.2) is 89.1 Å². The van der Waals surface area contributed by atoms with Crippen molar-refractivity contribution in [3.63, 3.8) is 0 Å². The third-order valence-corrected chi connectivity index (χ3v) is 6.89. The Bertz CT molecular complexity index is 1370. The second-order valence-electron chi connectivity index (χ2n) is 8.70. The zero-order valence-electron chi connectivity index (χ0n) is 21.3. The molecule has 37 heavy (non-hydrogen) atoms. The molecule has 3 aromatic carbocycles. The van der Waals surface area contributed by atoms with E-state index >= 15 is 0 Å². The number of thioether (sulfide) groups is 1. The highest BCUT2D eigenvalue weighted by atomic mass is 32.2. The highest BCUT2D eigenvalue weighted by molar-refractivity contribution is 8.14. The SMILES string of the molecule is COc1cc([C@H]2N=C(SCC(=O)Nc3ccccc3C)NC(C)=C2C(=O)Nc2ccccc2)ccc1C. The van der Waals surface area contributed by atoms with E-state index in [9.17, 15) is 9.59 Å². The first-order chi connectivity index (χ1) is 17.9. The molecule has 190 valence electrons. The molecule has 0 aromatic heterocycles. The third kappa shape index (κ3) is 6.40. The lowest BCUT2D eigenvalue weighted by atomic mass is 9.94. The van der Waals surface area contributed by atoms with Gasteiger partial charge in [-0.05, 0) is 61.7 Å². The molecule has 0 spiro atoms. The van der Waals surface area contributed by atoms with Gasteiger partial charge in [0.05, 0.1) is 18.4 Å². The summed E-state index contributed by atoms with van der Waals surface area (Å²) in [5, 5.41) is 9.71. The Hall–Kier alpha value is -4.04. The lowest BCUT2D eigenvalue weighted by molar-refractivity contribution is -0.114. The normalized spacial score (nSPS) is 14.9. The van der Waals surface area contributed by atoms with E-state index in [0.29, 0.717) is 22.1 Å². The molecule has 1 heterocycles. The van der Waals surface area contributed by atoms with Crippen LogP contribution in [0.3, 0.4) is 0 Å². The Morgan fingerprint density at radius 2 is 1.68 bits per heavy atom. The molecule has 1 aliphatic heterocycles. The molecule has 3 aromatic rings. The number of carbonyl (C=O) groups is 2. The molecule has 0 saturated carbocycles. The number of amidine groups is 1. The molecule has 0 radical (unpaired) electrons. The van der Waals surface area contributed by atoms with Crippen LogP contribution < -0.4 is 20.7 Å². The molecule has 8 heteroatoms. The molecule has 7 nitrogen and oxygen atoms in total. The van der Waals surface area contributed by atoms with Gasteiger partial charge in [-0.2, -0.15) is 0 Å². The minimum Gasteiger partial charge on any atom is -0.496 e. The van der Waals surface area contributed by atoms with Crippen molar-refractivity contribution < 1.29 is 14.3 Å². The number of aryl methyl sites for hydroxylation is 2. The molecule has 1 atom stereocenters. The van der Waals surface area contributed by atoms with Gasteiger partial charge in [0, 0.05) is 17.1 Å². The van der Waals surface area contributed by atoms with Gasteiger partial charge >= 0.3 is 0 Å². The topological polar surface area (TPSA) is 91.8 Å². The average molecular weight is 515 g/mol. The van der Waals surface area contributed by atoms with Crippen molar-refractivity contribution in [2.24, 2.45) is 4.99 Å². The number of aliphatic imine (C=N–C) groups is 1. The van der Waals surface area contributed by atoms with E-state index < -0.39 is 6.04 Å². The van der Waals surface area contributed by atoms with Crippen LogP contribution in [0.5, 0.6) is 5.75 Å². The van der Waals surface area contributed by atoms with E-state index in [1.807, 2.05) is 93.6 Å². The Kier molecular flexibility index (Phi) is 8.30. The Morgan fingerprint density at radius 1 is 0.946 bits per heavy atom. The molecule has 0 aliphatic carbocycles. The minimum atomic E-state index is -0.568. The van der Waals surface area contributed by atoms with Gasteiger partial charge in [-0.15, -0.1) is 0 Å². The molecule has 0 bridgehead atoms. The molecule has 4 rings (SSSR count). The first-order valence-corrected chi connectivity index (χ1v) is 12.9.